The van der Waals surface area contributed by atoms with Crippen LogP contribution in [0.1, 0.15) is 29.6 Å². The minimum atomic E-state index is 0.0432. The van der Waals surface area contributed by atoms with E-state index in [0.29, 0.717) is 12.1 Å². The highest BCUT2D eigenvalue weighted by atomic mass is 32.2. The molecule has 3 saturated heterocycles. The SMILES string of the molecule is O=C(N[C@@H]1C[C@H]2CC[C@@H]1N2)c1ccc(Sc2ccc(N3CCOCC3)s2)cc1. The quantitative estimate of drug-likeness (QED) is 0.784. The lowest BCUT2D eigenvalue weighted by atomic mass is 9.95. The lowest BCUT2D eigenvalue weighted by Gasteiger charge is -2.27. The summed E-state index contributed by atoms with van der Waals surface area (Å²) >= 11 is 3.57. The van der Waals surface area contributed by atoms with Gasteiger partial charge >= 0.3 is 0 Å². The van der Waals surface area contributed by atoms with Crippen molar-refractivity contribution in [1.29, 1.82) is 0 Å². The molecule has 5 nitrogen and oxygen atoms in total. The fraction of sp³-hybridized carbons (Fsp3) is 0.476. The third-order valence-corrected chi connectivity index (χ3v) is 8.13. The second-order valence-electron chi connectivity index (χ2n) is 7.68. The summed E-state index contributed by atoms with van der Waals surface area (Å²) in [7, 11) is 0. The molecule has 28 heavy (non-hydrogen) atoms. The van der Waals surface area contributed by atoms with E-state index < -0.39 is 0 Å². The maximum atomic E-state index is 12.6. The van der Waals surface area contributed by atoms with Crippen LogP contribution < -0.4 is 15.5 Å². The zero-order valence-corrected chi connectivity index (χ0v) is 17.4. The number of nitrogens with one attached hydrogen (secondary N) is 2. The topological polar surface area (TPSA) is 53.6 Å². The Balaban J connectivity index is 1.18. The predicted octanol–water partition coefficient (Wildman–Crippen LogP) is 3.36. The van der Waals surface area contributed by atoms with E-state index >= 15 is 0 Å². The molecule has 1 aromatic carbocycles. The van der Waals surface area contributed by atoms with Gasteiger partial charge in [0.1, 0.15) is 0 Å². The van der Waals surface area contributed by atoms with Crippen LogP contribution in [0.3, 0.4) is 0 Å². The number of carbonyl (C=O) groups is 1. The Morgan fingerprint density at radius 1 is 1.14 bits per heavy atom. The highest BCUT2D eigenvalue weighted by Crippen LogP contribution is 2.37. The second kappa shape index (κ2) is 8.06. The van der Waals surface area contributed by atoms with Gasteiger partial charge in [0.25, 0.3) is 5.91 Å². The Morgan fingerprint density at radius 3 is 2.68 bits per heavy atom. The van der Waals surface area contributed by atoms with Gasteiger partial charge in [0.05, 0.1) is 22.4 Å². The third-order valence-electron chi connectivity index (χ3n) is 5.84. The number of benzene rings is 1. The highest BCUT2D eigenvalue weighted by Gasteiger charge is 2.39. The molecule has 0 unspecified atom stereocenters. The summed E-state index contributed by atoms with van der Waals surface area (Å²) in [4.78, 5) is 16.1. The Morgan fingerprint density at radius 2 is 1.96 bits per heavy atom. The molecule has 7 heteroatoms. The van der Waals surface area contributed by atoms with E-state index in [2.05, 4.69) is 27.7 Å². The van der Waals surface area contributed by atoms with Gasteiger partial charge in [-0.25, -0.2) is 0 Å². The maximum Gasteiger partial charge on any atom is 0.251 e. The van der Waals surface area contributed by atoms with Crippen LogP contribution in [0, 0.1) is 0 Å². The van der Waals surface area contributed by atoms with Crippen LogP contribution in [0.25, 0.3) is 0 Å². The standard InChI is InChI=1S/C21H25N3O2S2/c25-21(23-18-13-15-3-6-17(18)22-15)14-1-4-16(5-2-14)27-20-8-7-19(28-20)24-9-11-26-12-10-24/h1-2,4-5,7-8,15,17-18,22H,3,6,9-13H2,(H,23,25)/t15-,17+,18-/m1/s1. The number of hydrogen-bond donors (Lipinski definition) is 2. The van der Waals surface area contributed by atoms with Gasteiger partial charge in [0.15, 0.2) is 0 Å². The minimum Gasteiger partial charge on any atom is -0.378 e. The summed E-state index contributed by atoms with van der Waals surface area (Å²) in [5.41, 5.74) is 0.743. The molecule has 1 amide bonds. The molecule has 2 bridgehead atoms. The van der Waals surface area contributed by atoms with Crippen molar-refractivity contribution >= 4 is 34.0 Å². The van der Waals surface area contributed by atoms with Crippen LogP contribution in [0.5, 0.6) is 0 Å². The molecule has 4 heterocycles. The van der Waals surface area contributed by atoms with Crippen molar-refractivity contribution in [2.24, 2.45) is 0 Å². The molecular weight excluding hydrogens is 390 g/mol. The van der Waals surface area contributed by atoms with Crippen LogP contribution in [-0.4, -0.2) is 50.3 Å². The largest absolute Gasteiger partial charge is 0.378 e. The molecule has 5 rings (SSSR count). The van der Waals surface area contributed by atoms with Crippen LogP contribution in [0.15, 0.2) is 45.5 Å². The summed E-state index contributed by atoms with van der Waals surface area (Å²) in [5.74, 6) is 0.0432. The lowest BCUT2D eigenvalue weighted by Crippen LogP contribution is -2.42. The molecule has 0 aliphatic carbocycles. The van der Waals surface area contributed by atoms with Crippen molar-refractivity contribution in [2.75, 3.05) is 31.2 Å². The summed E-state index contributed by atoms with van der Waals surface area (Å²) < 4.78 is 6.70. The Hall–Kier alpha value is -1.54. The number of rotatable bonds is 5. The number of nitrogens with zero attached hydrogens (tertiary/aromatic N) is 1. The number of anilines is 1. The fourth-order valence-corrected chi connectivity index (χ4v) is 6.49. The normalized spacial score (nSPS) is 26.6. The molecular formula is C21H25N3O2S2. The van der Waals surface area contributed by atoms with Gasteiger partial charge in [-0.1, -0.05) is 11.8 Å². The number of fused-ring (bicyclic) bond motifs is 2. The molecule has 3 atom stereocenters. The minimum absolute atomic E-state index is 0.0432. The van der Waals surface area contributed by atoms with Crippen molar-refractivity contribution in [3.63, 3.8) is 0 Å². The van der Waals surface area contributed by atoms with Crippen LogP contribution in [-0.2, 0) is 4.74 Å². The highest BCUT2D eigenvalue weighted by molar-refractivity contribution is 8.01. The number of hydrogen-bond acceptors (Lipinski definition) is 6. The zero-order chi connectivity index (χ0) is 18.9. The number of carbonyl (C=O) groups excluding carboxylic acids is 1. The van der Waals surface area contributed by atoms with Gasteiger partial charge in [-0.3, -0.25) is 4.79 Å². The molecule has 1 aromatic heterocycles. The van der Waals surface area contributed by atoms with Gasteiger partial charge < -0.3 is 20.3 Å². The molecule has 0 saturated carbocycles. The first-order chi connectivity index (χ1) is 13.7. The third kappa shape index (κ3) is 3.94. The van der Waals surface area contributed by atoms with E-state index in [1.54, 1.807) is 11.8 Å². The molecule has 0 radical (unpaired) electrons. The van der Waals surface area contributed by atoms with Gasteiger partial charge in [-0.15, -0.1) is 11.3 Å². The molecule has 2 N–H and O–H groups in total. The number of ether oxygens (including phenoxy) is 1. The molecule has 0 spiro atoms. The van der Waals surface area contributed by atoms with E-state index in [4.69, 9.17) is 4.74 Å². The summed E-state index contributed by atoms with van der Waals surface area (Å²) in [5, 5.41) is 8.09. The average Bonchev–Trinajstić information content (AvgIpc) is 3.46. The van der Waals surface area contributed by atoms with E-state index in [9.17, 15) is 4.79 Å². The molecule has 3 aliphatic rings. The first-order valence-corrected chi connectivity index (χ1v) is 11.7. The molecule has 3 aliphatic heterocycles. The number of thiophene rings is 1. The van der Waals surface area contributed by atoms with Gasteiger partial charge in [0, 0.05) is 41.7 Å². The molecule has 148 valence electrons. The molecule has 3 fully saturated rings. The van der Waals surface area contributed by atoms with Gasteiger partial charge in [-0.2, -0.15) is 0 Å². The van der Waals surface area contributed by atoms with Crippen molar-refractivity contribution < 1.29 is 9.53 Å². The Kier molecular flexibility index (Phi) is 5.32. The summed E-state index contributed by atoms with van der Waals surface area (Å²) in [6, 6.07) is 13.7. The zero-order valence-electron chi connectivity index (χ0n) is 15.7. The van der Waals surface area contributed by atoms with Crippen molar-refractivity contribution in [3.05, 3.63) is 42.0 Å². The van der Waals surface area contributed by atoms with E-state index in [0.717, 1.165) is 43.2 Å². The lowest BCUT2D eigenvalue weighted by molar-refractivity contribution is 0.0931. The summed E-state index contributed by atoms with van der Waals surface area (Å²) in [6.07, 6.45) is 3.49. The first-order valence-electron chi connectivity index (χ1n) is 10.0. The molecule has 2 aromatic rings. The maximum absolute atomic E-state index is 12.6. The smallest absolute Gasteiger partial charge is 0.251 e. The second-order valence-corrected chi connectivity index (χ2v) is 10.1. The van der Waals surface area contributed by atoms with Crippen molar-refractivity contribution in [3.8, 4) is 0 Å². The van der Waals surface area contributed by atoms with E-state index in [1.165, 1.54) is 22.1 Å². The first kappa shape index (κ1) is 18.5. The Labute approximate surface area is 173 Å². The van der Waals surface area contributed by atoms with Gasteiger partial charge in [0.2, 0.25) is 0 Å². The van der Waals surface area contributed by atoms with Crippen LogP contribution >= 0.6 is 23.1 Å². The number of amides is 1. The summed E-state index contributed by atoms with van der Waals surface area (Å²) in [6.45, 7) is 3.55. The van der Waals surface area contributed by atoms with E-state index in [1.807, 2.05) is 35.6 Å². The number of morpholine rings is 1. The van der Waals surface area contributed by atoms with Crippen molar-refractivity contribution in [2.45, 2.75) is 46.5 Å². The Bertz CT molecular complexity index is 832. The van der Waals surface area contributed by atoms with Gasteiger partial charge in [-0.05, 0) is 55.7 Å². The predicted molar refractivity (Wildman–Crippen MR) is 114 cm³/mol. The average molecular weight is 416 g/mol. The monoisotopic (exact) mass is 415 g/mol. The fourth-order valence-electron chi connectivity index (χ4n) is 4.34. The van der Waals surface area contributed by atoms with E-state index in [-0.39, 0.29) is 11.9 Å². The van der Waals surface area contributed by atoms with Crippen molar-refractivity contribution in [1.82, 2.24) is 10.6 Å². The van der Waals surface area contributed by atoms with Crippen LogP contribution in [0.4, 0.5) is 5.00 Å². The van der Waals surface area contributed by atoms with Crippen LogP contribution in [0.2, 0.25) is 0 Å².